The van der Waals surface area contributed by atoms with Crippen LogP contribution in [0.15, 0.2) is 28.7 Å². The number of fused-ring (bicyclic) bond motifs is 1. The fourth-order valence-electron chi connectivity index (χ4n) is 2.11. The van der Waals surface area contributed by atoms with Crippen LogP contribution >= 0.6 is 11.6 Å². The van der Waals surface area contributed by atoms with E-state index in [0.717, 1.165) is 11.0 Å². The molecule has 0 spiro atoms. The molecule has 100 valence electrons. The van der Waals surface area contributed by atoms with Crippen molar-refractivity contribution in [2.24, 2.45) is 0 Å². The van der Waals surface area contributed by atoms with E-state index in [-0.39, 0.29) is 11.2 Å². The van der Waals surface area contributed by atoms with Crippen molar-refractivity contribution in [3.05, 3.63) is 29.3 Å². The van der Waals surface area contributed by atoms with Crippen LogP contribution in [0.5, 0.6) is 0 Å². The van der Waals surface area contributed by atoms with Gasteiger partial charge in [-0.15, -0.1) is 0 Å². The Morgan fingerprint density at radius 2 is 1.63 bits per heavy atom. The number of hydrogen-bond donors (Lipinski definition) is 0. The van der Waals surface area contributed by atoms with Crippen molar-refractivity contribution in [3.63, 3.8) is 0 Å². The van der Waals surface area contributed by atoms with Crippen LogP contribution in [0.2, 0.25) is 5.02 Å². The number of rotatable bonds is 1. The lowest BCUT2D eigenvalue weighted by atomic mass is 9.86. The van der Waals surface area contributed by atoms with E-state index in [4.69, 9.17) is 25.3 Å². The van der Waals surface area contributed by atoms with E-state index in [1.807, 2.05) is 45.9 Å². The molecule has 0 saturated carbocycles. The number of benzene rings is 1. The van der Waals surface area contributed by atoms with Crippen LogP contribution in [-0.2, 0) is 9.31 Å². The molecular formula is C14H16BClO3. The SMILES string of the molecule is CC1(C)OB(c2cc3cc(Cl)ccc3o2)OC1(C)C. The second-order valence-corrected chi connectivity index (χ2v) is 6.36. The number of furan rings is 1. The van der Waals surface area contributed by atoms with Gasteiger partial charge in [-0.05, 0) is 52.0 Å². The Morgan fingerprint density at radius 3 is 2.26 bits per heavy atom. The van der Waals surface area contributed by atoms with Gasteiger partial charge in [0.15, 0.2) is 0 Å². The van der Waals surface area contributed by atoms with Gasteiger partial charge in [-0.25, -0.2) is 0 Å². The molecule has 0 bridgehead atoms. The Balaban J connectivity index is 1.98. The molecule has 1 aliphatic heterocycles. The first-order valence-electron chi connectivity index (χ1n) is 6.33. The van der Waals surface area contributed by atoms with Gasteiger partial charge in [-0.2, -0.15) is 0 Å². The van der Waals surface area contributed by atoms with Crippen LogP contribution in [0.3, 0.4) is 0 Å². The van der Waals surface area contributed by atoms with Gasteiger partial charge in [-0.1, -0.05) is 11.6 Å². The lowest BCUT2D eigenvalue weighted by Crippen LogP contribution is -2.41. The van der Waals surface area contributed by atoms with Crippen LogP contribution in [0.4, 0.5) is 0 Å². The van der Waals surface area contributed by atoms with Gasteiger partial charge in [0.25, 0.3) is 0 Å². The predicted octanol–water partition coefficient (Wildman–Crippen LogP) is 3.39. The van der Waals surface area contributed by atoms with Crippen molar-refractivity contribution in [1.29, 1.82) is 0 Å². The van der Waals surface area contributed by atoms with Crippen LogP contribution in [-0.4, -0.2) is 18.3 Å². The highest BCUT2D eigenvalue weighted by molar-refractivity contribution is 6.61. The first-order chi connectivity index (χ1) is 8.78. The summed E-state index contributed by atoms with van der Waals surface area (Å²) in [7, 11) is -0.476. The molecule has 3 rings (SSSR count). The molecule has 0 atom stereocenters. The molecule has 0 N–H and O–H groups in total. The largest absolute Gasteiger partial charge is 0.532 e. The fourth-order valence-corrected chi connectivity index (χ4v) is 2.29. The third kappa shape index (κ3) is 2.08. The van der Waals surface area contributed by atoms with Crippen LogP contribution in [0.1, 0.15) is 27.7 Å². The summed E-state index contributed by atoms with van der Waals surface area (Å²) < 4.78 is 17.7. The molecule has 2 aromatic rings. The van der Waals surface area contributed by atoms with Crippen molar-refractivity contribution in [2.45, 2.75) is 38.9 Å². The molecule has 0 radical (unpaired) electrons. The van der Waals surface area contributed by atoms with E-state index in [0.29, 0.717) is 10.7 Å². The predicted molar refractivity (Wildman–Crippen MR) is 76.9 cm³/mol. The molecule has 2 heterocycles. The standard InChI is InChI=1S/C14H16BClO3/c1-13(2)14(3,4)19-15(18-13)12-8-9-7-10(16)5-6-11(9)17-12/h5-8H,1-4H3. The van der Waals surface area contributed by atoms with Crippen molar-refractivity contribution in [3.8, 4) is 0 Å². The first kappa shape index (κ1) is 13.0. The average molecular weight is 279 g/mol. The van der Waals surface area contributed by atoms with E-state index in [1.165, 1.54) is 0 Å². The Hall–Kier alpha value is -0.965. The normalized spacial score (nSPS) is 21.2. The maximum atomic E-state index is 5.97. The topological polar surface area (TPSA) is 31.6 Å². The minimum Gasteiger partial charge on any atom is -0.465 e. The molecule has 1 saturated heterocycles. The second kappa shape index (κ2) is 4.01. The number of halogens is 1. The minimum absolute atomic E-state index is 0.367. The van der Waals surface area contributed by atoms with Gasteiger partial charge in [-0.3, -0.25) is 0 Å². The van der Waals surface area contributed by atoms with Gasteiger partial charge in [0.1, 0.15) is 11.2 Å². The summed E-state index contributed by atoms with van der Waals surface area (Å²) in [6.45, 7) is 8.08. The molecule has 0 unspecified atom stereocenters. The zero-order chi connectivity index (χ0) is 13.8. The summed E-state index contributed by atoms with van der Waals surface area (Å²) in [5, 5.41) is 1.64. The summed E-state index contributed by atoms with van der Waals surface area (Å²) in [4.78, 5) is 0. The van der Waals surface area contributed by atoms with Crippen molar-refractivity contribution >= 4 is 35.3 Å². The third-order valence-electron chi connectivity index (χ3n) is 3.98. The Kier molecular flexibility index (Phi) is 2.75. The Bertz CT molecular complexity index is 617. The highest BCUT2D eigenvalue weighted by Gasteiger charge is 2.53. The third-order valence-corrected chi connectivity index (χ3v) is 4.22. The lowest BCUT2D eigenvalue weighted by molar-refractivity contribution is 0.00578. The molecule has 1 aromatic heterocycles. The van der Waals surface area contributed by atoms with Gasteiger partial charge in [0, 0.05) is 10.4 Å². The zero-order valence-corrected chi connectivity index (χ0v) is 12.2. The summed E-state index contributed by atoms with van der Waals surface area (Å²) in [6, 6.07) is 7.45. The monoisotopic (exact) mass is 278 g/mol. The van der Waals surface area contributed by atoms with Gasteiger partial charge >= 0.3 is 7.12 Å². The average Bonchev–Trinajstić information content (AvgIpc) is 2.78. The molecule has 1 fully saturated rings. The lowest BCUT2D eigenvalue weighted by Gasteiger charge is -2.32. The summed E-state index contributed by atoms with van der Waals surface area (Å²) in [5.41, 5.74) is 0.729. The van der Waals surface area contributed by atoms with Gasteiger partial charge in [0.2, 0.25) is 0 Å². The van der Waals surface area contributed by atoms with Gasteiger partial charge in [0.05, 0.1) is 11.2 Å². The molecule has 1 aliphatic rings. The molecule has 3 nitrogen and oxygen atoms in total. The molecule has 5 heteroatoms. The molecule has 0 amide bonds. The first-order valence-corrected chi connectivity index (χ1v) is 6.71. The molecule has 0 aliphatic carbocycles. The Labute approximate surface area is 118 Å². The van der Waals surface area contributed by atoms with Crippen molar-refractivity contribution in [1.82, 2.24) is 0 Å². The summed E-state index contributed by atoms with van der Waals surface area (Å²) in [6.07, 6.45) is 0. The fraction of sp³-hybridized carbons (Fsp3) is 0.429. The van der Waals surface area contributed by atoms with E-state index in [9.17, 15) is 0 Å². The van der Waals surface area contributed by atoms with Crippen LogP contribution in [0.25, 0.3) is 11.0 Å². The highest BCUT2D eigenvalue weighted by Crippen LogP contribution is 2.36. The summed E-state index contributed by atoms with van der Waals surface area (Å²) >= 11 is 5.97. The van der Waals surface area contributed by atoms with E-state index < -0.39 is 7.12 Å². The second-order valence-electron chi connectivity index (χ2n) is 5.92. The van der Waals surface area contributed by atoms with Gasteiger partial charge < -0.3 is 13.7 Å². The smallest absolute Gasteiger partial charge is 0.465 e. The van der Waals surface area contributed by atoms with Crippen molar-refractivity contribution < 1.29 is 13.7 Å². The van der Waals surface area contributed by atoms with E-state index >= 15 is 0 Å². The van der Waals surface area contributed by atoms with E-state index in [1.54, 1.807) is 6.07 Å². The maximum absolute atomic E-state index is 5.97. The van der Waals surface area contributed by atoms with Crippen LogP contribution < -0.4 is 5.66 Å². The molecule has 1 aromatic carbocycles. The minimum atomic E-state index is -0.476. The highest BCUT2D eigenvalue weighted by atomic mass is 35.5. The van der Waals surface area contributed by atoms with E-state index in [2.05, 4.69) is 0 Å². The maximum Gasteiger partial charge on any atom is 0.532 e. The molecular weight excluding hydrogens is 262 g/mol. The number of hydrogen-bond acceptors (Lipinski definition) is 3. The Morgan fingerprint density at radius 1 is 1.00 bits per heavy atom. The van der Waals surface area contributed by atoms with Crippen LogP contribution in [0, 0.1) is 0 Å². The van der Waals surface area contributed by atoms with Crippen molar-refractivity contribution in [2.75, 3.05) is 0 Å². The molecule has 19 heavy (non-hydrogen) atoms. The summed E-state index contributed by atoms with van der Waals surface area (Å²) in [5.74, 6) is 0. The zero-order valence-electron chi connectivity index (χ0n) is 11.5. The quantitative estimate of drug-likeness (QED) is 0.749.